The van der Waals surface area contributed by atoms with E-state index in [9.17, 15) is 9.59 Å². The van der Waals surface area contributed by atoms with E-state index in [0.717, 1.165) is 0 Å². The predicted molar refractivity (Wildman–Crippen MR) is 57.1 cm³/mol. The number of hydrogen-bond donors (Lipinski definition) is 2. The summed E-state index contributed by atoms with van der Waals surface area (Å²) in [6, 6.07) is 0. The van der Waals surface area contributed by atoms with E-state index < -0.39 is 11.9 Å². The zero-order valence-electron chi connectivity index (χ0n) is 7.29. The van der Waals surface area contributed by atoms with Gasteiger partial charge >= 0.3 is 71.1 Å². The molecule has 0 bridgehead atoms. The van der Waals surface area contributed by atoms with E-state index >= 15 is 0 Å². The molecule has 14 heavy (non-hydrogen) atoms. The molecule has 4 nitrogen and oxygen atoms in total. The van der Waals surface area contributed by atoms with Crippen molar-refractivity contribution in [3.63, 3.8) is 0 Å². The number of rotatable bonds is 3. The monoisotopic (exact) mass is 220 g/mol. The van der Waals surface area contributed by atoms with Crippen molar-refractivity contribution in [1.82, 2.24) is 0 Å². The van der Waals surface area contributed by atoms with Crippen molar-refractivity contribution in [2.45, 2.75) is 20.8 Å². The summed E-state index contributed by atoms with van der Waals surface area (Å²) in [5.74, 6) is -2.62. The second kappa shape index (κ2) is 8.95. The first kappa shape index (κ1) is 20.1. The maximum atomic E-state index is 10.6. The van der Waals surface area contributed by atoms with E-state index in [-0.39, 0.29) is 76.2 Å². The van der Waals surface area contributed by atoms with Crippen molar-refractivity contribution in [1.29, 1.82) is 0 Å². The topological polar surface area (TPSA) is 74.6 Å². The molecule has 0 heterocycles. The van der Waals surface area contributed by atoms with Gasteiger partial charge in [-0.15, -0.1) is 0 Å². The van der Waals surface area contributed by atoms with Crippen molar-refractivity contribution in [2.24, 2.45) is 5.92 Å². The molecule has 0 unspecified atom stereocenters. The van der Waals surface area contributed by atoms with Crippen LogP contribution in [-0.2, 0) is 9.59 Å². The number of aliphatic carboxylic acids is 2. The fraction of sp³-hybridized carbons (Fsp3) is 0.500. The number of carboxylic acid groups (broad SMARTS) is 2. The minimum absolute atomic E-state index is 0. The van der Waals surface area contributed by atoms with Crippen LogP contribution < -0.4 is 0 Å². The van der Waals surface area contributed by atoms with Crippen molar-refractivity contribution < 1.29 is 19.8 Å². The Morgan fingerprint density at radius 1 is 1.00 bits per heavy atom. The Hall–Kier alpha value is 0.680. The van der Waals surface area contributed by atoms with Crippen LogP contribution >= 0.6 is 0 Å². The second-order valence-electron chi connectivity index (χ2n) is 2.80. The van der Waals surface area contributed by atoms with Gasteiger partial charge in [0.05, 0.1) is 0 Å². The molecule has 0 aromatic heterocycles. The van der Waals surface area contributed by atoms with Crippen molar-refractivity contribution >= 4 is 71.1 Å². The number of hydrogen-bond acceptors (Lipinski definition) is 2. The molecule has 0 aliphatic rings. The van der Waals surface area contributed by atoms with E-state index in [0.29, 0.717) is 0 Å². The zero-order valence-corrected chi connectivity index (χ0v) is 7.29. The van der Waals surface area contributed by atoms with E-state index in [2.05, 4.69) is 0 Å². The molecule has 0 saturated heterocycles. The maximum absolute atomic E-state index is 10.6. The summed E-state index contributed by atoms with van der Waals surface area (Å²) in [6.07, 6.45) is 0. The SMILES string of the molecule is C/C(C(=O)O)=C(/C(=O)O)C(C)C.[NaH].[NaH]. The molecule has 0 aromatic rings. The average Bonchev–Trinajstić information content (AvgIpc) is 1.85. The van der Waals surface area contributed by atoms with Crippen LogP contribution in [0.25, 0.3) is 0 Å². The van der Waals surface area contributed by atoms with Crippen LogP contribution in [0.3, 0.4) is 0 Å². The first-order chi connectivity index (χ1) is 5.37. The molecule has 0 aliphatic heterocycles. The van der Waals surface area contributed by atoms with E-state index in [1.807, 2.05) is 0 Å². The van der Waals surface area contributed by atoms with Gasteiger partial charge < -0.3 is 10.2 Å². The Balaban J connectivity index is -0.000000605. The minimum atomic E-state index is -1.18. The summed E-state index contributed by atoms with van der Waals surface area (Å²) < 4.78 is 0. The quantitative estimate of drug-likeness (QED) is 0.511. The molecule has 0 aromatic carbocycles. The first-order valence-corrected chi connectivity index (χ1v) is 3.55. The van der Waals surface area contributed by atoms with Gasteiger partial charge in [0.2, 0.25) is 0 Å². The molecule has 6 heteroatoms. The Morgan fingerprint density at radius 2 is 1.36 bits per heavy atom. The second-order valence-corrected chi connectivity index (χ2v) is 2.80. The molecule has 0 saturated carbocycles. The van der Waals surface area contributed by atoms with Gasteiger partial charge in [-0.2, -0.15) is 0 Å². The van der Waals surface area contributed by atoms with Crippen LogP contribution in [0.1, 0.15) is 20.8 Å². The van der Waals surface area contributed by atoms with E-state index in [1.54, 1.807) is 13.8 Å². The van der Waals surface area contributed by atoms with Gasteiger partial charge in [0, 0.05) is 11.1 Å². The summed E-state index contributed by atoms with van der Waals surface area (Å²) in [4.78, 5) is 21.0. The first-order valence-electron chi connectivity index (χ1n) is 3.55. The summed E-state index contributed by atoms with van der Waals surface area (Å²) >= 11 is 0. The van der Waals surface area contributed by atoms with Gasteiger partial charge in [0.1, 0.15) is 0 Å². The fourth-order valence-electron chi connectivity index (χ4n) is 0.956. The molecule has 0 fully saturated rings. The van der Waals surface area contributed by atoms with Crippen LogP contribution in [0.4, 0.5) is 0 Å². The van der Waals surface area contributed by atoms with Crippen LogP contribution in [0.15, 0.2) is 11.1 Å². The van der Waals surface area contributed by atoms with Gasteiger partial charge in [-0.3, -0.25) is 0 Å². The summed E-state index contributed by atoms with van der Waals surface area (Å²) in [6.45, 7) is 4.59. The molecule has 0 amide bonds. The Bertz CT molecular complexity index is 246. The van der Waals surface area contributed by atoms with E-state index in [4.69, 9.17) is 10.2 Å². The predicted octanol–water partition coefficient (Wildman–Crippen LogP) is -0.169. The third-order valence-electron chi connectivity index (χ3n) is 1.53. The molecule has 0 spiro atoms. The van der Waals surface area contributed by atoms with Gasteiger partial charge in [-0.05, 0) is 12.8 Å². The Morgan fingerprint density at radius 3 is 1.43 bits per heavy atom. The van der Waals surface area contributed by atoms with Crippen LogP contribution in [-0.4, -0.2) is 81.3 Å². The summed E-state index contributed by atoms with van der Waals surface area (Å²) in [5, 5.41) is 17.2. The van der Waals surface area contributed by atoms with Crippen molar-refractivity contribution in [3.8, 4) is 0 Å². The zero-order chi connectivity index (χ0) is 9.89. The van der Waals surface area contributed by atoms with Crippen LogP contribution in [0.5, 0.6) is 0 Å². The molecular formula is C8H14Na2O4. The number of carboxylic acids is 2. The van der Waals surface area contributed by atoms with Gasteiger partial charge in [-0.25, -0.2) is 9.59 Å². The van der Waals surface area contributed by atoms with Gasteiger partial charge in [0.25, 0.3) is 0 Å². The average molecular weight is 220 g/mol. The standard InChI is InChI=1S/C8H12O4.2Na.2H/c1-4(2)6(8(11)12)5(3)7(9)10;;;;/h4H,1-3H3,(H,9,10)(H,11,12);;;;/b6-5-;;;;. The molecule has 2 N–H and O–H groups in total. The molecule has 0 atom stereocenters. The normalized spacial score (nSPS) is 10.9. The van der Waals surface area contributed by atoms with Crippen molar-refractivity contribution in [3.05, 3.63) is 11.1 Å². The van der Waals surface area contributed by atoms with Crippen molar-refractivity contribution in [2.75, 3.05) is 0 Å². The molecule has 0 radical (unpaired) electrons. The summed E-state index contributed by atoms with van der Waals surface area (Å²) in [5.41, 5.74) is -0.139. The Labute approximate surface area is 127 Å². The third-order valence-corrected chi connectivity index (χ3v) is 1.53. The van der Waals surface area contributed by atoms with E-state index in [1.165, 1.54) is 6.92 Å². The van der Waals surface area contributed by atoms with Crippen LogP contribution in [0.2, 0.25) is 0 Å². The van der Waals surface area contributed by atoms with Gasteiger partial charge in [-0.1, -0.05) is 13.8 Å². The summed E-state index contributed by atoms with van der Waals surface area (Å²) in [7, 11) is 0. The van der Waals surface area contributed by atoms with Gasteiger partial charge in [0.15, 0.2) is 0 Å². The van der Waals surface area contributed by atoms with Crippen LogP contribution in [0, 0.1) is 5.92 Å². The molecular weight excluding hydrogens is 206 g/mol. The molecule has 0 aliphatic carbocycles. The molecule has 72 valence electrons. The fourth-order valence-corrected chi connectivity index (χ4v) is 0.956. The molecule has 0 rings (SSSR count). The number of carbonyl (C=O) groups is 2. The third kappa shape index (κ3) is 6.22. The Kier molecular flexibility index (Phi) is 12.9.